The number of nitrogens with zero attached hydrogens (tertiary/aromatic N) is 3. The first-order chi connectivity index (χ1) is 13.6. The Morgan fingerprint density at radius 1 is 1.14 bits per heavy atom. The van der Waals surface area contributed by atoms with Crippen molar-refractivity contribution in [3.8, 4) is 0 Å². The van der Waals surface area contributed by atoms with Crippen LogP contribution in [0.3, 0.4) is 0 Å². The molecule has 2 fully saturated rings. The minimum atomic E-state index is 0. The highest BCUT2D eigenvalue weighted by molar-refractivity contribution is 14.0. The van der Waals surface area contributed by atoms with Gasteiger partial charge in [0.25, 0.3) is 0 Å². The molecule has 0 radical (unpaired) electrons. The maximum absolute atomic E-state index is 11.8. The van der Waals surface area contributed by atoms with Crippen LogP contribution in [0.25, 0.3) is 0 Å². The predicted molar refractivity (Wildman–Crippen MR) is 131 cm³/mol. The zero-order valence-electron chi connectivity index (χ0n) is 18.0. The molecule has 1 aromatic carbocycles. The normalized spacial score (nSPS) is 20.4. The summed E-state index contributed by atoms with van der Waals surface area (Å²) >= 11 is 0. The van der Waals surface area contributed by atoms with Gasteiger partial charge in [-0.3, -0.25) is 9.79 Å². The van der Waals surface area contributed by atoms with Crippen molar-refractivity contribution in [1.82, 2.24) is 15.5 Å². The molecule has 0 bridgehead atoms. The van der Waals surface area contributed by atoms with Gasteiger partial charge in [0.15, 0.2) is 5.96 Å². The van der Waals surface area contributed by atoms with Crippen LogP contribution in [0, 0.1) is 5.92 Å². The monoisotopic (exact) mass is 513 g/mol. The fourth-order valence-electron chi connectivity index (χ4n) is 3.99. The second-order valence-corrected chi connectivity index (χ2v) is 8.09. The lowest BCUT2D eigenvalue weighted by molar-refractivity contribution is -0.129. The number of likely N-dealkylation sites (tertiary alicyclic amines) is 1. The molecule has 1 amide bonds. The van der Waals surface area contributed by atoms with Crippen LogP contribution < -0.4 is 15.5 Å². The summed E-state index contributed by atoms with van der Waals surface area (Å²) in [7, 11) is 1.79. The number of aliphatic imine (C=N–C) groups is 1. The van der Waals surface area contributed by atoms with Crippen LogP contribution in [0.15, 0.2) is 29.3 Å². The second kappa shape index (κ2) is 11.6. The van der Waals surface area contributed by atoms with E-state index in [1.807, 2.05) is 11.8 Å². The summed E-state index contributed by atoms with van der Waals surface area (Å²) in [5.41, 5.74) is 2.57. The Labute approximate surface area is 192 Å². The summed E-state index contributed by atoms with van der Waals surface area (Å²) in [5, 5.41) is 6.85. The smallest absolute Gasteiger partial charge is 0.222 e. The van der Waals surface area contributed by atoms with Gasteiger partial charge in [-0.15, -0.1) is 24.0 Å². The number of amides is 1. The first-order valence-electron chi connectivity index (χ1n) is 10.7. The fourth-order valence-corrected chi connectivity index (χ4v) is 3.99. The summed E-state index contributed by atoms with van der Waals surface area (Å²) in [6.07, 6.45) is 4.11. The highest BCUT2D eigenvalue weighted by Gasteiger charge is 2.25. The minimum Gasteiger partial charge on any atom is -0.372 e. The summed E-state index contributed by atoms with van der Waals surface area (Å²) in [5.74, 6) is 1.88. The van der Waals surface area contributed by atoms with Gasteiger partial charge in [0.2, 0.25) is 5.91 Å². The van der Waals surface area contributed by atoms with E-state index in [1.54, 1.807) is 7.05 Å². The minimum absolute atomic E-state index is 0. The van der Waals surface area contributed by atoms with Gasteiger partial charge in [0.1, 0.15) is 0 Å². The SMILES string of the molecule is CCC(=O)N1CCC(NC(=NC)NCc2ccc(N3CCC(C)CC3)cc2)C1.I. The molecule has 3 rings (SSSR count). The average Bonchev–Trinajstić information content (AvgIpc) is 3.20. The van der Waals surface area contributed by atoms with Gasteiger partial charge in [0, 0.05) is 57.9 Å². The van der Waals surface area contributed by atoms with Crippen molar-refractivity contribution < 1.29 is 4.79 Å². The van der Waals surface area contributed by atoms with E-state index in [4.69, 9.17) is 0 Å². The Bertz CT molecular complexity index is 670. The highest BCUT2D eigenvalue weighted by atomic mass is 127. The number of benzene rings is 1. The molecule has 2 N–H and O–H groups in total. The lowest BCUT2D eigenvalue weighted by atomic mass is 9.99. The van der Waals surface area contributed by atoms with Crippen molar-refractivity contribution in [1.29, 1.82) is 0 Å². The number of hydrogen-bond donors (Lipinski definition) is 2. The van der Waals surface area contributed by atoms with Gasteiger partial charge in [0.05, 0.1) is 0 Å². The van der Waals surface area contributed by atoms with Crippen LogP contribution in [0.1, 0.15) is 45.1 Å². The Hall–Kier alpha value is -1.51. The number of hydrogen-bond acceptors (Lipinski definition) is 3. The maximum Gasteiger partial charge on any atom is 0.222 e. The van der Waals surface area contributed by atoms with E-state index in [0.717, 1.165) is 51.0 Å². The van der Waals surface area contributed by atoms with Crippen molar-refractivity contribution in [2.45, 2.75) is 52.1 Å². The van der Waals surface area contributed by atoms with Gasteiger partial charge in [-0.25, -0.2) is 0 Å². The Morgan fingerprint density at radius 2 is 1.83 bits per heavy atom. The summed E-state index contributed by atoms with van der Waals surface area (Å²) in [6.45, 7) is 8.91. The number of rotatable bonds is 5. The van der Waals surface area contributed by atoms with Crippen LogP contribution >= 0.6 is 24.0 Å². The number of anilines is 1. The lowest BCUT2D eigenvalue weighted by Crippen LogP contribution is -2.44. The van der Waals surface area contributed by atoms with Gasteiger partial charge in [-0.1, -0.05) is 26.0 Å². The first-order valence-corrected chi connectivity index (χ1v) is 10.7. The standard InChI is InChI=1S/C22H35N5O.HI/c1-4-21(28)27-14-11-19(16-27)25-22(23-3)24-15-18-5-7-20(8-6-18)26-12-9-17(2)10-13-26;/h5-8,17,19H,4,9-16H2,1-3H3,(H2,23,24,25);1H. The second-order valence-electron chi connectivity index (χ2n) is 8.09. The third-order valence-electron chi connectivity index (χ3n) is 5.95. The van der Waals surface area contributed by atoms with E-state index in [0.29, 0.717) is 6.42 Å². The van der Waals surface area contributed by atoms with E-state index in [2.05, 4.69) is 51.7 Å². The van der Waals surface area contributed by atoms with Gasteiger partial charge in [-0.05, 0) is 42.9 Å². The molecular formula is C22H36IN5O. The number of carbonyl (C=O) groups is 1. The molecule has 2 aliphatic heterocycles. The number of carbonyl (C=O) groups excluding carboxylic acids is 1. The molecule has 0 aliphatic carbocycles. The fraction of sp³-hybridized carbons (Fsp3) is 0.636. The largest absolute Gasteiger partial charge is 0.372 e. The summed E-state index contributed by atoms with van der Waals surface area (Å²) < 4.78 is 0. The summed E-state index contributed by atoms with van der Waals surface area (Å²) in [4.78, 5) is 20.6. The quantitative estimate of drug-likeness (QED) is 0.361. The van der Waals surface area contributed by atoms with Crippen molar-refractivity contribution in [2.24, 2.45) is 10.9 Å². The van der Waals surface area contributed by atoms with E-state index < -0.39 is 0 Å². The van der Waals surface area contributed by atoms with Crippen molar-refractivity contribution in [3.05, 3.63) is 29.8 Å². The molecule has 1 aromatic rings. The van der Waals surface area contributed by atoms with E-state index in [-0.39, 0.29) is 35.9 Å². The van der Waals surface area contributed by atoms with Crippen LogP contribution in [0.2, 0.25) is 0 Å². The van der Waals surface area contributed by atoms with E-state index >= 15 is 0 Å². The number of piperidine rings is 1. The van der Waals surface area contributed by atoms with E-state index in [1.165, 1.54) is 24.1 Å². The van der Waals surface area contributed by atoms with Crippen LogP contribution in [-0.4, -0.2) is 56.0 Å². The van der Waals surface area contributed by atoms with Crippen LogP contribution in [0.5, 0.6) is 0 Å². The number of guanidine groups is 1. The molecule has 2 saturated heterocycles. The molecule has 2 heterocycles. The van der Waals surface area contributed by atoms with Gasteiger partial charge in [-0.2, -0.15) is 0 Å². The first kappa shape index (κ1) is 23.8. The van der Waals surface area contributed by atoms with Crippen LogP contribution in [-0.2, 0) is 11.3 Å². The molecule has 6 nitrogen and oxygen atoms in total. The highest BCUT2D eigenvalue weighted by Crippen LogP contribution is 2.23. The Balaban J connectivity index is 0.00000300. The molecule has 0 spiro atoms. The Morgan fingerprint density at radius 3 is 2.45 bits per heavy atom. The van der Waals surface area contributed by atoms with Crippen LogP contribution in [0.4, 0.5) is 5.69 Å². The molecule has 1 unspecified atom stereocenters. The van der Waals surface area contributed by atoms with Crippen molar-refractivity contribution in [3.63, 3.8) is 0 Å². The Kier molecular flexibility index (Phi) is 9.52. The molecule has 29 heavy (non-hydrogen) atoms. The van der Waals surface area contributed by atoms with Crippen molar-refractivity contribution in [2.75, 3.05) is 38.1 Å². The van der Waals surface area contributed by atoms with E-state index in [9.17, 15) is 4.79 Å². The predicted octanol–water partition coefficient (Wildman–Crippen LogP) is 3.22. The molecule has 162 valence electrons. The van der Waals surface area contributed by atoms with Gasteiger partial charge >= 0.3 is 0 Å². The number of halogens is 1. The van der Waals surface area contributed by atoms with Crippen molar-refractivity contribution >= 4 is 41.5 Å². The zero-order valence-corrected chi connectivity index (χ0v) is 20.3. The number of nitrogens with one attached hydrogen (secondary N) is 2. The lowest BCUT2D eigenvalue weighted by Gasteiger charge is -2.32. The average molecular weight is 513 g/mol. The molecule has 1 atom stereocenters. The van der Waals surface area contributed by atoms with Gasteiger partial charge < -0.3 is 20.4 Å². The molecule has 2 aliphatic rings. The molecular weight excluding hydrogens is 477 g/mol. The molecule has 0 aromatic heterocycles. The molecule has 7 heteroatoms. The summed E-state index contributed by atoms with van der Waals surface area (Å²) in [6, 6.07) is 9.13. The third-order valence-corrected chi connectivity index (χ3v) is 5.95. The third kappa shape index (κ3) is 6.76. The molecule has 0 saturated carbocycles. The topological polar surface area (TPSA) is 60.0 Å². The maximum atomic E-state index is 11.8. The zero-order chi connectivity index (χ0) is 19.9.